The first-order valence-electron chi connectivity index (χ1n) is 8.09. The van der Waals surface area contributed by atoms with Gasteiger partial charge in [0.25, 0.3) is 0 Å². The molecule has 5 nitrogen and oxygen atoms in total. The molecule has 5 heteroatoms. The topological polar surface area (TPSA) is 82.5 Å². The van der Waals surface area contributed by atoms with Gasteiger partial charge in [-0.25, -0.2) is 4.79 Å². The summed E-state index contributed by atoms with van der Waals surface area (Å²) in [6, 6.07) is 19.6. The summed E-state index contributed by atoms with van der Waals surface area (Å²) in [5.74, 6) is 0.0892. The van der Waals surface area contributed by atoms with Crippen molar-refractivity contribution < 1.29 is 13.9 Å². The average Bonchev–Trinajstić information content (AvgIpc) is 2.66. The van der Waals surface area contributed by atoms with Crippen LogP contribution >= 0.6 is 0 Å². The molecule has 4 aromatic rings. The van der Waals surface area contributed by atoms with Crippen molar-refractivity contribution in [2.45, 2.75) is 6.61 Å². The van der Waals surface area contributed by atoms with Crippen LogP contribution in [0.5, 0.6) is 5.75 Å². The Kier molecular flexibility index (Phi) is 3.89. The Balaban J connectivity index is 1.74. The summed E-state index contributed by atoms with van der Waals surface area (Å²) in [6.45, 7) is 0.200. The first kappa shape index (κ1) is 15.9. The maximum atomic E-state index is 11.9. The third-order valence-electron chi connectivity index (χ3n) is 4.25. The van der Waals surface area contributed by atoms with Gasteiger partial charge in [0.1, 0.15) is 17.9 Å². The van der Waals surface area contributed by atoms with E-state index in [1.807, 2.05) is 30.3 Å². The van der Waals surface area contributed by atoms with Gasteiger partial charge in [0.15, 0.2) is 0 Å². The summed E-state index contributed by atoms with van der Waals surface area (Å²) in [6.07, 6.45) is 0. The Morgan fingerprint density at radius 3 is 2.54 bits per heavy atom. The molecule has 0 atom stereocenters. The zero-order valence-corrected chi connectivity index (χ0v) is 13.8. The van der Waals surface area contributed by atoms with Gasteiger partial charge < -0.3 is 14.9 Å². The Bertz CT molecular complexity index is 1180. The fraction of sp³-hybridized carbons (Fsp3) is 0.0476. The van der Waals surface area contributed by atoms with Crippen LogP contribution in [0, 0.1) is 0 Å². The number of fused-ring (bicyclic) bond motifs is 3. The number of nitrogens with two attached hydrogens (primary N) is 1. The lowest BCUT2D eigenvalue weighted by Crippen LogP contribution is -2.10. The summed E-state index contributed by atoms with van der Waals surface area (Å²) >= 11 is 0. The zero-order valence-electron chi connectivity index (χ0n) is 13.8. The van der Waals surface area contributed by atoms with E-state index in [1.165, 1.54) is 6.07 Å². The van der Waals surface area contributed by atoms with Crippen molar-refractivity contribution in [2.24, 2.45) is 5.73 Å². The molecule has 0 saturated carbocycles. The van der Waals surface area contributed by atoms with Crippen LogP contribution in [-0.4, -0.2) is 5.91 Å². The van der Waals surface area contributed by atoms with Crippen molar-refractivity contribution in [3.8, 4) is 5.75 Å². The summed E-state index contributed by atoms with van der Waals surface area (Å²) < 4.78 is 11.1. The largest absolute Gasteiger partial charge is 0.489 e. The van der Waals surface area contributed by atoms with Gasteiger partial charge in [-0.15, -0.1) is 0 Å². The molecule has 3 aromatic carbocycles. The van der Waals surface area contributed by atoms with Crippen molar-refractivity contribution in [3.63, 3.8) is 0 Å². The predicted molar refractivity (Wildman–Crippen MR) is 99.3 cm³/mol. The van der Waals surface area contributed by atoms with Crippen molar-refractivity contribution >= 4 is 27.6 Å². The van der Waals surface area contributed by atoms with Gasteiger partial charge in [0.2, 0.25) is 5.91 Å². The second-order valence-electron chi connectivity index (χ2n) is 5.93. The third-order valence-corrected chi connectivity index (χ3v) is 4.25. The number of benzene rings is 3. The molecule has 0 aliphatic heterocycles. The highest BCUT2D eigenvalue weighted by atomic mass is 16.5. The Morgan fingerprint density at radius 1 is 1.00 bits per heavy atom. The summed E-state index contributed by atoms with van der Waals surface area (Å²) in [4.78, 5) is 23.0. The zero-order chi connectivity index (χ0) is 18.1. The van der Waals surface area contributed by atoms with Crippen LogP contribution in [0.25, 0.3) is 21.7 Å². The molecule has 128 valence electrons. The van der Waals surface area contributed by atoms with Crippen LogP contribution in [0.4, 0.5) is 0 Å². The normalized spacial score (nSPS) is 10.9. The number of rotatable bonds is 4. The molecule has 0 bridgehead atoms. The lowest BCUT2D eigenvalue weighted by atomic mass is 10.0. The van der Waals surface area contributed by atoms with E-state index >= 15 is 0 Å². The third kappa shape index (κ3) is 2.91. The van der Waals surface area contributed by atoms with Gasteiger partial charge in [-0.1, -0.05) is 30.3 Å². The number of amides is 1. The van der Waals surface area contributed by atoms with Gasteiger partial charge in [-0.05, 0) is 41.1 Å². The van der Waals surface area contributed by atoms with Crippen LogP contribution < -0.4 is 16.1 Å². The molecule has 0 spiro atoms. The molecule has 0 unspecified atom stereocenters. The minimum absolute atomic E-state index is 0.200. The van der Waals surface area contributed by atoms with Crippen molar-refractivity contribution in [1.29, 1.82) is 0 Å². The molecule has 0 radical (unpaired) electrons. The van der Waals surface area contributed by atoms with Gasteiger partial charge in [-0.2, -0.15) is 0 Å². The Morgan fingerprint density at radius 2 is 1.77 bits per heavy atom. The molecule has 0 aliphatic carbocycles. The van der Waals surface area contributed by atoms with Crippen LogP contribution in [0.1, 0.15) is 15.9 Å². The minimum Gasteiger partial charge on any atom is -0.489 e. The molecule has 26 heavy (non-hydrogen) atoms. The molecule has 4 rings (SSSR count). The van der Waals surface area contributed by atoms with Crippen LogP contribution in [-0.2, 0) is 6.61 Å². The quantitative estimate of drug-likeness (QED) is 0.452. The first-order chi connectivity index (χ1) is 12.6. The smallest absolute Gasteiger partial charge is 0.336 e. The van der Waals surface area contributed by atoms with E-state index in [1.54, 1.807) is 30.3 Å². The van der Waals surface area contributed by atoms with E-state index in [-0.39, 0.29) is 6.61 Å². The molecule has 2 N–H and O–H groups in total. The molecule has 1 aromatic heterocycles. The van der Waals surface area contributed by atoms with E-state index in [9.17, 15) is 9.59 Å². The van der Waals surface area contributed by atoms with Crippen LogP contribution in [0.3, 0.4) is 0 Å². The minimum atomic E-state index is -0.491. The van der Waals surface area contributed by atoms with Gasteiger partial charge in [-0.3, -0.25) is 4.79 Å². The maximum absolute atomic E-state index is 11.9. The second kappa shape index (κ2) is 6.37. The van der Waals surface area contributed by atoms with Gasteiger partial charge in [0.05, 0.1) is 0 Å². The summed E-state index contributed by atoms with van der Waals surface area (Å²) in [7, 11) is 0. The molecular formula is C21H15NO4. The van der Waals surface area contributed by atoms with Gasteiger partial charge >= 0.3 is 5.63 Å². The van der Waals surface area contributed by atoms with E-state index < -0.39 is 11.5 Å². The van der Waals surface area contributed by atoms with E-state index in [2.05, 4.69) is 0 Å². The number of primary amides is 1. The highest BCUT2D eigenvalue weighted by Crippen LogP contribution is 2.28. The van der Waals surface area contributed by atoms with Gasteiger partial charge in [0, 0.05) is 22.6 Å². The average molecular weight is 345 g/mol. The lowest BCUT2D eigenvalue weighted by molar-refractivity contribution is 0.1000. The number of carbonyl (C=O) groups is 1. The lowest BCUT2D eigenvalue weighted by Gasteiger charge is -2.10. The monoisotopic (exact) mass is 345 g/mol. The van der Waals surface area contributed by atoms with Crippen molar-refractivity contribution in [3.05, 3.63) is 88.3 Å². The van der Waals surface area contributed by atoms with Crippen LogP contribution in [0.2, 0.25) is 0 Å². The standard InChI is InChI=1S/C21H15NO4/c22-21(24)14-5-8-16(9-6-14)25-12-15-11-19(23)26-18-10-7-13-3-1-2-4-17(13)20(15)18/h1-11H,12H2,(H2,22,24). The Labute approximate surface area is 148 Å². The van der Waals surface area contributed by atoms with Crippen molar-refractivity contribution in [1.82, 2.24) is 0 Å². The first-order valence-corrected chi connectivity index (χ1v) is 8.09. The fourth-order valence-corrected chi connectivity index (χ4v) is 3.01. The van der Waals surface area contributed by atoms with E-state index in [0.717, 1.165) is 21.7 Å². The van der Waals surface area contributed by atoms with Crippen molar-refractivity contribution in [2.75, 3.05) is 0 Å². The number of carbonyl (C=O) groups excluding carboxylic acids is 1. The summed E-state index contributed by atoms with van der Waals surface area (Å²) in [5.41, 5.74) is 6.50. The molecule has 0 saturated heterocycles. The van der Waals surface area contributed by atoms with Crippen LogP contribution in [0.15, 0.2) is 75.9 Å². The highest BCUT2D eigenvalue weighted by Gasteiger charge is 2.10. The number of hydrogen-bond acceptors (Lipinski definition) is 4. The molecule has 0 aliphatic rings. The molecule has 1 heterocycles. The maximum Gasteiger partial charge on any atom is 0.336 e. The molecular weight excluding hydrogens is 330 g/mol. The number of hydrogen-bond donors (Lipinski definition) is 1. The molecule has 0 fully saturated rings. The van der Waals surface area contributed by atoms with E-state index in [4.69, 9.17) is 14.9 Å². The fourth-order valence-electron chi connectivity index (χ4n) is 3.01. The number of ether oxygens (including phenoxy) is 1. The molecule has 1 amide bonds. The second-order valence-corrected chi connectivity index (χ2v) is 5.93. The highest BCUT2D eigenvalue weighted by molar-refractivity contribution is 6.07. The Hall–Kier alpha value is -3.60. The SMILES string of the molecule is NC(=O)c1ccc(OCc2cc(=O)oc3ccc4ccccc4c23)cc1. The van der Waals surface area contributed by atoms with E-state index in [0.29, 0.717) is 16.9 Å². The predicted octanol–water partition coefficient (Wildman–Crippen LogP) is 3.62. The summed E-state index contributed by atoms with van der Waals surface area (Å²) in [5, 5.41) is 2.91.